The topological polar surface area (TPSA) is 78.8 Å². The highest BCUT2D eigenvalue weighted by molar-refractivity contribution is 5.75. The third-order valence-corrected chi connectivity index (χ3v) is 6.01. The number of rotatable bonds is 3. The van der Waals surface area contributed by atoms with E-state index in [-0.39, 0.29) is 12.1 Å². The summed E-state index contributed by atoms with van der Waals surface area (Å²) in [6.07, 6.45) is 9.74. The van der Waals surface area contributed by atoms with E-state index >= 15 is 0 Å². The second-order valence-electron chi connectivity index (χ2n) is 7.84. The lowest BCUT2D eigenvalue weighted by molar-refractivity contribution is 0.174. The van der Waals surface area contributed by atoms with E-state index in [1.54, 1.807) is 0 Å². The molecule has 0 saturated carbocycles. The van der Waals surface area contributed by atoms with Gasteiger partial charge < -0.3 is 14.8 Å². The summed E-state index contributed by atoms with van der Waals surface area (Å²) in [6, 6.07) is 0.124. The zero-order valence-corrected chi connectivity index (χ0v) is 16.4. The van der Waals surface area contributed by atoms with Crippen molar-refractivity contribution in [1.29, 1.82) is 0 Å². The van der Waals surface area contributed by atoms with Gasteiger partial charge in [-0.05, 0) is 39.5 Å². The minimum atomic E-state index is 0.0215. The summed E-state index contributed by atoms with van der Waals surface area (Å²) in [7, 11) is 0. The van der Waals surface area contributed by atoms with Crippen molar-refractivity contribution in [3.8, 4) is 0 Å². The Morgan fingerprint density at radius 3 is 2.89 bits per heavy atom. The Hall–Kier alpha value is -2.31. The monoisotopic (exact) mass is 370 g/mol. The molecule has 1 saturated heterocycles. The van der Waals surface area contributed by atoms with E-state index in [0.717, 1.165) is 61.7 Å². The van der Waals surface area contributed by atoms with Gasteiger partial charge in [-0.2, -0.15) is 5.10 Å². The average molecular weight is 371 g/mol. The molecule has 4 rings (SSSR count). The number of imidazole rings is 1. The minimum absolute atomic E-state index is 0.0215. The fourth-order valence-electron chi connectivity index (χ4n) is 4.59. The van der Waals surface area contributed by atoms with Crippen LogP contribution in [0.3, 0.4) is 0 Å². The molecule has 0 radical (unpaired) electrons. The normalized spacial score (nSPS) is 20.2. The van der Waals surface area contributed by atoms with Crippen LogP contribution in [0.1, 0.15) is 73.0 Å². The maximum atomic E-state index is 13.1. The van der Waals surface area contributed by atoms with Crippen molar-refractivity contribution in [3.05, 3.63) is 34.7 Å². The van der Waals surface area contributed by atoms with Crippen LogP contribution < -0.4 is 5.32 Å². The van der Waals surface area contributed by atoms with E-state index in [2.05, 4.69) is 32.0 Å². The third kappa shape index (κ3) is 3.59. The van der Waals surface area contributed by atoms with Crippen molar-refractivity contribution >= 4 is 6.03 Å². The molecule has 7 heteroatoms. The molecule has 2 aliphatic rings. The Bertz CT molecular complexity index is 788. The molecular formula is C20H30N6O. The van der Waals surface area contributed by atoms with Gasteiger partial charge in [0.25, 0.3) is 0 Å². The fourth-order valence-corrected chi connectivity index (χ4v) is 4.59. The van der Waals surface area contributed by atoms with Gasteiger partial charge in [-0.25, -0.2) is 9.78 Å². The first-order chi connectivity index (χ1) is 13.1. The summed E-state index contributed by atoms with van der Waals surface area (Å²) in [5.41, 5.74) is 4.37. The van der Waals surface area contributed by atoms with Crippen molar-refractivity contribution < 1.29 is 4.79 Å². The van der Waals surface area contributed by atoms with Crippen LogP contribution in [0.25, 0.3) is 0 Å². The standard InChI is InChI=1S/C20H30N6O/c1-14-19(15(2)24-23-14)17-8-4-3-6-11-26(17)20(27)22-13-16-12-21-18-9-5-7-10-25(16)18/h12,17H,3-11,13H2,1-2H3,(H,22,27)(H,23,24). The summed E-state index contributed by atoms with van der Waals surface area (Å²) < 4.78 is 2.27. The summed E-state index contributed by atoms with van der Waals surface area (Å²) in [6.45, 7) is 6.43. The van der Waals surface area contributed by atoms with E-state index in [1.807, 2.05) is 18.0 Å². The molecule has 2 amide bonds. The Kier molecular flexibility index (Phi) is 5.18. The van der Waals surface area contributed by atoms with E-state index < -0.39 is 0 Å². The van der Waals surface area contributed by atoms with E-state index in [1.165, 1.54) is 24.8 Å². The Balaban J connectivity index is 1.49. The van der Waals surface area contributed by atoms with E-state index in [4.69, 9.17) is 0 Å². The predicted octanol–water partition coefficient (Wildman–Crippen LogP) is 3.39. The molecule has 27 heavy (non-hydrogen) atoms. The highest BCUT2D eigenvalue weighted by Gasteiger charge is 2.30. The minimum Gasteiger partial charge on any atom is -0.332 e. The zero-order valence-electron chi connectivity index (χ0n) is 16.4. The molecule has 7 nitrogen and oxygen atoms in total. The first-order valence-corrected chi connectivity index (χ1v) is 10.2. The second kappa shape index (κ2) is 7.74. The number of carbonyl (C=O) groups is 1. The number of aromatic nitrogens is 4. The SMILES string of the molecule is Cc1n[nH]c(C)c1C1CCCCCN1C(=O)NCc1cnc2n1CCCC2. The quantitative estimate of drug-likeness (QED) is 0.869. The van der Waals surface area contributed by atoms with Crippen LogP contribution in [0.15, 0.2) is 6.20 Å². The summed E-state index contributed by atoms with van der Waals surface area (Å²) >= 11 is 0. The number of hydrogen-bond donors (Lipinski definition) is 2. The molecule has 1 unspecified atom stereocenters. The molecule has 2 aromatic heterocycles. The zero-order chi connectivity index (χ0) is 18.8. The number of aryl methyl sites for hydroxylation is 3. The Morgan fingerprint density at radius 1 is 1.22 bits per heavy atom. The van der Waals surface area contributed by atoms with Gasteiger partial charge in [-0.15, -0.1) is 0 Å². The number of H-pyrrole nitrogens is 1. The molecule has 4 heterocycles. The van der Waals surface area contributed by atoms with Crippen LogP contribution in [0.5, 0.6) is 0 Å². The third-order valence-electron chi connectivity index (χ3n) is 6.01. The number of aromatic amines is 1. The number of hydrogen-bond acceptors (Lipinski definition) is 3. The van der Waals surface area contributed by atoms with E-state index in [0.29, 0.717) is 6.54 Å². The van der Waals surface area contributed by atoms with Crippen LogP contribution in [0.4, 0.5) is 4.79 Å². The molecule has 2 N–H and O–H groups in total. The number of amides is 2. The molecule has 2 aliphatic heterocycles. The van der Waals surface area contributed by atoms with Gasteiger partial charge in [0.1, 0.15) is 5.82 Å². The van der Waals surface area contributed by atoms with Crippen LogP contribution in [-0.2, 0) is 19.5 Å². The van der Waals surface area contributed by atoms with Crippen LogP contribution in [0.2, 0.25) is 0 Å². The molecule has 146 valence electrons. The highest BCUT2D eigenvalue weighted by atomic mass is 16.2. The Labute approximate surface area is 160 Å². The van der Waals surface area contributed by atoms with Gasteiger partial charge >= 0.3 is 6.03 Å². The molecular weight excluding hydrogens is 340 g/mol. The summed E-state index contributed by atoms with van der Waals surface area (Å²) in [5, 5.41) is 10.6. The van der Waals surface area contributed by atoms with E-state index in [9.17, 15) is 4.79 Å². The molecule has 2 aromatic rings. The van der Waals surface area contributed by atoms with Crippen molar-refractivity contribution in [3.63, 3.8) is 0 Å². The van der Waals surface area contributed by atoms with Gasteiger partial charge in [-0.1, -0.05) is 12.8 Å². The van der Waals surface area contributed by atoms with Gasteiger partial charge in [0.15, 0.2) is 0 Å². The molecule has 0 spiro atoms. The number of nitrogens with one attached hydrogen (secondary N) is 2. The van der Waals surface area contributed by atoms with Crippen molar-refractivity contribution in [2.24, 2.45) is 0 Å². The van der Waals surface area contributed by atoms with Crippen molar-refractivity contribution in [2.45, 2.75) is 77.9 Å². The lowest BCUT2D eigenvalue weighted by atomic mass is 9.99. The van der Waals surface area contributed by atoms with Crippen LogP contribution in [-0.4, -0.2) is 37.2 Å². The van der Waals surface area contributed by atoms with Crippen molar-refractivity contribution in [1.82, 2.24) is 30.0 Å². The van der Waals surface area contributed by atoms with Crippen LogP contribution in [0, 0.1) is 13.8 Å². The summed E-state index contributed by atoms with van der Waals surface area (Å²) in [5.74, 6) is 1.16. The number of fused-ring (bicyclic) bond motifs is 1. The fraction of sp³-hybridized carbons (Fsp3) is 0.650. The Morgan fingerprint density at radius 2 is 2.07 bits per heavy atom. The molecule has 0 aromatic carbocycles. The first kappa shape index (κ1) is 18.1. The van der Waals surface area contributed by atoms with Gasteiger partial charge in [0, 0.05) is 30.8 Å². The summed E-state index contributed by atoms with van der Waals surface area (Å²) in [4.78, 5) is 19.6. The number of urea groups is 1. The maximum absolute atomic E-state index is 13.1. The van der Waals surface area contributed by atoms with Crippen molar-refractivity contribution in [2.75, 3.05) is 6.54 Å². The van der Waals surface area contributed by atoms with Crippen LogP contribution >= 0.6 is 0 Å². The largest absolute Gasteiger partial charge is 0.332 e. The lowest BCUT2D eigenvalue weighted by Crippen LogP contribution is -2.42. The lowest BCUT2D eigenvalue weighted by Gasteiger charge is -2.31. The molecule has 1 fully saturated rings. The number of carbonyl (C=O) groups excluding carboxylic acids is 1. The highest BCUT2D eigenvalue weighted by Crippen LogP contribution is 2.33. The average Bonchev–Trinajstić information content (AvgIpc) is 3.14. The van der Waals surface area contributed by atoms with Gasteiger partial charge in [0.2, 0.25) is 0 Å². The smallest absolute Gasteiger partial charge is 0.318 e. The van der Waals surface area contributed by atoms with Gasteiger partial charge in [0.05, 0.1) is 30.2 Å². The first-order valence-electron chi connectivity index (χ1n) is 10.2. The molecule has 0 bridgehead atoms. The number of nitrogens with zero attached hydrogens (tertiary/aromatic N) is 4. The number of likely N-dealkylation sites (tertiary alicyclic amines) is 1. The molecule has 0 aliphatic carbocycles. The second-order valence-corrected chi connectivity index (χ2v) is 7.84. The predicted molar refractivity (Wildman–Crippen MR) is 103 cm³/mol. The van der Waals surface area contributed by atoms with Gasteiger partial charge in [-0.3, -0.25) is 5.10 Å². The maximum Gasteiger partial charge on any atom is 0.318 e. The molecule has 1 atom stereocenters.